The summed E-state index contributed by atoms with van der Waals surface area (Å²) in [6.45, 7) is 2.82. The molecule has 0 aliphatic carbocycles. The molecule has 2 aromatic carbocycles. The van der Waals surface area contributed by atoms with Gasteiger partial charge in [0.15, 0.2) is 0 Å². The number of rotatable bonds is 5. The molecule has 0 atom stereocenters. The van der Waals surface area contributed by atoms with Crippen molar-refractivity contribution in [2.24, 2.45) is 4.99 Å². The number of benzene rings is 2. The minimum Gasteiger partial charge on any atom is -0.366 e. The predicted octanol–water partition coefficient (Wildman–Crippen LogP) is 5.47. The van der Waals surface area contributed by atoms with Crippen molar-refractivity contribution in [1.82, 2.24) is 4.90 Å². The lowest BCUT2D eigenvalue weighted by Crippen LogP contribution is -2.14. The largest absolute Gasteiger partial charge is 0.366 e. The first-order valence-corrected chi connectivity index (χ1v) is 7.82. The number of aliphatic imine (C=N–C) groups is 1. The third-order valence-corrected chi connectivity index (χ3v) is 4.06. The fraction of sp³-hybridized carbons (Fsp3) is 0.235. The van der Waals surface area contributed by atoms with Crippen molar-refractivity contribution >= 4 is 35.2 Å². The van der Waals surface area contributed by atoms with E-state index in [1.807, 2.05) is 18.9 Å². The van der Waals surface area contributed by atoms with Gasteiger partial charge in [-0.3, -0.25) is 0 Å². The van der Waals surface area contributed by atoms with E-state index in [0.717, 1.165) is 12.6 Å². The third-order valence-electron chi connectivity index (χ3n) is 3.40. The Morgan fingerprint density at radius 2 is 1.83 bits per heavy atom. The second kappa shape index (κ2) is 7.75. The van der Waals surface area contributed by atoms with Gasteiger partial charge in [-0.05, 0) is 36.2 Å². The van der Waals surface area contributed by atoms with Crippen LogP contribution in [0.5, 0.6) is 0 Å². The normalized spacial score (nSPS) is 11.2. The molecule has 0 bridgehead atoms. The summed E-state index contributed by atoms with van der Waals surface area (Å²) in [4.78, 5) is 6.17. The molecule has 2 rings (SSSR count). The molecule has 0 aliphatic rings. The molecule has 0 saturated heterocycles. The number of nitrogens with zero attached hydrogens (tertiary/aromatic N) is 2. The molecule has 0 aliphatic heterocycles. The van der Waals surface area contributed by atoms with Crippen LogP contribution in [0.4, 0.5) is 14.5 Å². The monoisotopic (exact) mass is 356 g/mol. The van der Waals surface area contributed by atoms with Crippen molar-refractivity contribution < 1.29 is 8.78 Å². The second-order valence-corrected chi connectivity index (χ2v) is 5.94. The first-order valence-electron chi connectivity index (χ1n) is 7.07. The van der Waals surface area contributed by atoms with Crippen LogP contribution < -0.4 is 0 Å². The van der Waals surface area contributed by atoms with E-state index in [-0.39, 0.29) is 6.42 Å². The fourth-order valence-corrected chi connectivity index (χ4v) is 2.38. The Morgan fingerprint density at radius 3 is 2.48 bits per heavy atom. The second-order valence-electron chi connectivity index (χ2n) is 5.13. The average Bonchev–Trinajstić information content (AvgIpc) is 2.51. The van der Waals surface area contributed by atoms with E-state index < -0.39 is 11.6 Å². The van der Waals surface area contributed by atoms with Crippen LogP contribution in [-0.4, -0.2) is 24.8 Å². The number of hydrogen-bond acceptors (Lipinski definition) is 1. The van der Waals surface area contributed by atoms with Crippen LogP contribution in [-0.2, 0) is 6.42 Å². The Morgan fingerprint density at radius 1 is 1.09 bits per heavy atom. The zero-order valence-electron chi connectivity index (χ0n) is 12.8. The quantitative estimate of drug-likeness (QED) is 0.512. The molecule has 0 heterocycles. The summed E-state index contributed by atoms with van der Waals surface area (Å²) >= 11 is 12.5. The summed E-state index contributed by atoms with van der Waals surface area (Å²) in [5.74, 6) is -1.22. The van der Waals surface area contributed by atoms with E-state index in [4.69, 9.17) is 23.2 Å². The predicted molar refractivity (Wildman–Crippen MR) is 92.1 cm³/mol. The van der Waals surface area contributed by atoms with E-state index in [9.17, 15) is 8.78 Å². The van der Waals surface area contributed by atoms with Crippen LogP contribution in [0.2, 0.25) is 10.0 Å². The Balaban J connectivity index is 2.27. The molecule has 0 radical (unpaired) electrons. The van der Waals surface area contributed by atoms with Crippen molar-refractivity contribution in [3.63, 3.8) is 0 Å². The van der Waals surface area contributed by atoms with Crippen LogP contribution in [0.1, 0.15) is 18.1 Å². The highest BCUT2D eigenvalue weighted by atomic mass is 35.5. The highest BCUT2D eigenvalue weighted by Crippen LogP contribution is 2.32. The molecule has 0 spiro atoms. The first kappa shape index (κ1) is 17.7. The minimum atomic E-state index is -0.611. The Labute approximate surface area is 144 Å². The summed E-state index contributed by atoms with van der Waals surface area (Å²) in [5, 5.41) is 0.858. The Bertz CT molecular complexity index is 733. The Hall–Kier alpha value is -1.65. The van der Waals surface area contributed by atoms with Crippen molar-refractivity contribution in [2.75, 3.05) is 13.6 Å². The van der Waals surface area contributed by atoms with Gasteiger partial charge in [0, 0.05) is 31.1 Å². The van der Waals surface area contributed by atoms with E-state index in [1.54, 1.807) is 18.5 Å². The average molecular weight is 357 g/mol. The molecular formula is C17H16Cl2F2N2. The molecule has 6 heteroatoms. The van der Waals surface area contributed by atoms with Gasteiger partial charge in [-0.2, -0.15) is 0 Å². The molecule has 2 nitrogen and oxygen atoms in total. The van der Waals surface area contributed by atoms with Crippen molar-refractivity contribution in [2.45, 2.75) is 13.3 Å². The van der Waals surface area contributed by atoms with Crippen molar-refractivity contribution in [1.29, 1.82) is 0 Å². The molecule has 0 fully saturated rings. The van der Waals surface area contributed by atoms with E-state index in [0.29, 0.717) is 26.9 Å². The van der Waals surface area contributed by atoms with Crippen molar-refractivity contribution in [3.05, 3.63) is 63.1 Å². The van der Waals surface area contributed by atoms with E-state index in [2.05, 4.69) is 4.99 Å². The highest BCUT2D eigenvalue weighted by molar-refractivity contribution is 6.35. The van der Waals surface area contributed by atoms with Gasteiger partial charge in [-0.15, -0.1) is 0 Å². The van der Waals surface area contributed by atoms with Crippen molar-refractivity contribution in [3.8, 4) is 0 Å². The van der Waals surface area contributed by atoms with E-state index >= 15 is 0 Å². The highest BCUT2D eigenvalue weighted by Gasteiger charge is 2.11. The van der Waals surface area contributed by atoms with Crippen LogP contribution in [0, 0.1) is 11.6 Å². The van der Waals surface area contributed by atoms with Gasteiger partial charge in [-0.25, -0.2) is 13.8 Å². The fourth-order valence-electron chi connectivity index (χ4n) is 1.92. The standard InChI is InChI=1S/C17H16Cl2F2N2/c1-3-23(2)10-22-17-9-14(18)12(7-15(17)19)6-11-4-5-13(20)8-16(11)21/h4-5,7-10H,3,6H2,1-2H3/b22-10-. The maximum absolute atomic E-state index is 13.8. The van der Waals surface area contributed by atoms with Crippen LogP contribution in [0.25, 0.3) is 0 Å². The minimum absolute atomic E-state index is 0.226. The maximum Gasteiger partial charge on any atom is 0.129 e. The molecule has 0 aromatic heterocycles. The summed E-state index contributed by atoms with van der Waals surface area (Å²) in [7, 11) is 1.89. The first-order chi connectivity index (χ1) is 10.9. The SMILES string of the molecule is CCN(C)/C=N\c1cc(Cl)c(Cc2ccc(F)cc2F)cc1Cl. The molecule has 23 heavy (non-hydrogen) atoms. The van der Waals surface area contributed by atoms with Crippen LogP contribution in [0.3, 0.4) is 0 Å². The van der Waals surface area contributed by atoms with Crippen LogP contribution in [0.15, 0.2) is 35.3 Å². The Kier molecular flexibility index (Phi) is 5.97. The molecule has 2 aromatic rings. The van der Waals surface area contributed by atoms with Gasteiger partial charge >= 0.3 is 0 Å². The lowest BCUT2D eigenvalue weighted by molar-refractivity contribution is 0.552. The summed E-state index contributed by atoms with van der Waals surface area (Å²) in [6.07, 6.45) is 1.89. The lowest BCUT2D eigenvalue weighted by atomic mass is 10.0. The van der Waals surface area contributed by atoms with Gasteiger partial charge in [0.1, 0.15) is 11.6 Å². The smallest absolute Gasteiger partial charge is 0.129 e. The topological polar surface area (TPSA) is 15.6 Å². The molecule has 0 unspecified atom stereocenters. The van der Waals surface area contributed by atoms with Gasteiger partial charge in [0.25, 0.3) is 0 Å². The number of halogens is 4. The summed E-state index contributed by atoms with van der Waals surface area (Å²) in [6, 6.07) is 6.76. The molecular weight excluding hydrogens is 341 g/mol. The maximum atomic E-state index is 13.8. The molecule has 0 N–H and O–H groups in total. The van der Waals surface area contributed by atoms with Gasteiger partial charge in [-0.1, -0.05) is 29.3 Å². The van der Waals surface area contributed by atoms with Gasteiger partial charge in [0.2, 0.25) is 0 Å². The summed E-state index contributed by atoms with van der Waals surface area (Å²) in [5.41, 5.74) is 1.55. The summed E-state index contributed by atoms with van der Waals surface area (Å²) < 4.78 is 26.7. The van der Waals surface area contributed by atoms with Gasteiger partial charge in [0.05, 0.1) is 17.0 Å². The number of hydrogen-bond donors (Lipinski definition) is 0. The third kappa shape index (κ3) is 4.66. The molecule has 0 amide bonds. The zero-order valence-corrected chi connectivity index (χ0v) is 14.3. The van der Waals surface area contributed by atoms with Crippen LogP contribution >= 0.6 is 23.2 Å². The molecule has 0 saturated carbocycles. The van der Waals surface area contributed by atoms with E-state index in [1.165, 1.54) is 12.1 Å². The molecule has 122 valence electrons. The van der Waals surface area contributed by atoms with Gasteiger partial charge < -0.3 is 4.90 Å². The zero-order chi connectivity index (χ0) is 17.0. The lowest BCUT2D eigenvalue weighted by Gasteiger charge is -2.11.